The van der Waals surface area contributed by atoms with Crippen LogP contribution in [0.2, 0.25) is 5.02 Å². The quantitative estimate of drug-likeness (QED) is 0.721. The van der Waals surface area contributed by atoms with Crippen molar-refractivity contribution in [1.82, 2.24) is 4.90 Å². The van der Waals surface area contributed by atoms with E-state index < -0.39 is 6.04 Å². The van der Waals surface area contributed by atoms with Gasteiger partial charge >= 0.3 is 0 Å². The molecule has 0 aromatic heterocycles. The predicted molar refractivity (Wildman–Crippen MR) is 114 cm³/mol. The Morgan fingerprint density at radius 2 is 1.76 bits per heavy atom. The van der Waals surface area contributed by atoms with Gasteiger partial charge in [0.15, 0.2) is 0 Å². The number of anilines is 2. The van der Waals surface area contributed by atoms with Gasteiger partial charge in [-0.3, -0.25) is 14.5 Å². The zero-order valence-corrected chi connectivity index (χ0v) is 17.4. The van der Waals surface area contributed by atoms with Crippen molar-refractivity contribution in [2.24, 2.45) is 0 Å². The predicted octanol–water partition coefficient (Wildman–Crippen LogP) is 3.11. The molecule has 2 heterocycles. The van der Waals surface area contributed by atoms with Crippen molar-refractivity contribution >= 4 is 34.8 Å². The molecule has 2 aromatic rings. The topological polar surface area (TPSA) is 53.1 Å². The molecule has 0 aliphatic carbocycles. The first kappa shape index (κ1) is 19.7. The summed E-state index contributed by atoms with van der Waals surface area (Å²) in [6.07, 6.45) is 0.212. The molecule has 0 radical (unpaired) electrons. The number of hydrogen-bond donors (Lipinski definition) is 0. The number of piperazine rings is 1. The number of aryl methyl sites for hydroxylation is 1. The summed E-state index contributed by atoms with van der Waals surface area (Å²) in [7, 11) is 1.66. The first-order valence-electron chi connectivity index (χ1n) is 9.74. The fourth-order valence-corrected chi connectivity index (χ4v) is 4.17. The second-order valence-electron chi connectivity index (χ2n) is 7.45. The smallest absolute Gasteiger partial charge is 0.251 e. The highest BCUT2D eigenvalue weighted by atomic mass is 35.5. The summed E-state index contributed by atoms with van der Waals surface area (Å²) in [5.74, 6) is 0.494. The van der Waals surface area contributed by atoms with E-state index in [9.17, 15) is 9.59 Å². The Balaban J connectivity index is 1.44. The van der Waals surface area contributed by atoms with E-state index in [-0.39, 0.29) is 18.2 Å². The van der Waals surface area contributed by atoms with Crippen LogP contribution in [-0.2, 0) is 9.59 Å². The molecule has 1 atom stereocenters. The maximum atomic E-state index is 13.0. The summed E-state index contributed by atoms with van der Waals surface area (Å²) in [6.45, 7) is 4.93. The Morgan fingerprint density at radius 3 is 2.45 bits per heavy atom. The van der Waals surface area contributed by atoms with Crippen molar-refractivity contribution in [1.29, 1.82) is 0 Å². The number of amides is 2. The largest absolute Gasteiger partial charge is 0.497 e. The lowest BCUT2D eigenvalue weighted by atomic mass is 10.1. The number of benzene rings is 2. The molecule has 0 bridgehead atoms. The van der Waals surface area contributed by atoms with Crippen LogP contribution in [0.5, 0.6) is 5.75 Å². The molecule has 2 fully saturated rings. The van der Waals surface area contributed by atoms with Crippen LogP contribution in [0.1, 0.15) is 12.0 Å². The van der Waals surface area contributed by atoms with Gasteiger partial charge < -0.3 is 9.64 Å². The van der Waals surface area contributed by atoms with Crippen molar-refractivity contribution in [2.45, 2.75) is 19.4 Å². The van der Waals surface area contributed by atoms with E-state index in [4.69, 9.17) is 16.3 Å². The van der Waals surface area contributed by atoms with E-state index in [1.807, 2.05) is 31.2 Å². The molecule has 0 spiro atoms. The van der Waals surface area contributed by atoms with Crippen molar-refractivity contribution < 1.29 is 14.3 Å². The van der Waals surface area contributed by atoms with Gasteiger partial charge in [-0.2, -0.15) is 0 Å². The summed E-state index contributed by atoms with van der Waals surface area (Å²) < 4.78 is 5.31. The van der Waals surface area contributed by atoms with Crippen LogP contribution in [0, 0.1) is 6.92 Å². The lowest BCUT2D eigenvalue weighted by Crippen LogP contribution is -2.52. The second-order valence-corrected chi connectivity index (χ2v) is 7.85. The number of carbonyl (C=O) groups excluding carboxylic acids is 2. The highest BCUT2D eigenvalue weighted by molar-refractivity contribution is 6.32. The van der Waals surface area contributed by atoms with Gasteiger partial charge in [0.1, 0.15) is 5.75 Å². The van der Waals surface area contributed by atoms with Gasteiger partial charge in [0.2, 0.25) is 5.91 Å². The molecule has 0 unspecified atom stereocenters. The second kappa shape index (κ2) is 8.05. The normalized spacial score (nSPS) is 20.4. The van der Waals surface area contributed by atoms with E-state index in [1.54, 1.807) is 19.2 Å². The van der Waals surface area contributed by atoms with E-state index in [2.05, 4.69) is 15.9 Å². The van der Waals surface area contributed by atoms with Gasteiger partial charge in [0, 0.05) is 43.0 Å². The molecule has 152 valence electrons. The molecule has 2 amide bonds. The van der Waals surface area contributed by atoms with Crippen LogP contribution in [0.3, 0.4) is 0 Å². The maximum Gasteiger partial charge on any atom is 0.251 e. The molecular formula is C22H24ClN3O3. The van der Waals surface area contributed by atoms with Gasteiger partial charge in [-0.25, -0.2) is 4.90 Å². The minimum absolute atomic E-state index is 0.162. The summed E-state index contributed by atoms with van der Waals surface area (Å²) in [5, 5.41) is 0.554. The van der Waals surface area contributed by atoms with Crippen LogP contribution < -0.4 is 14.5 Å². The number of nitrogens with zero attached hydrogens (tertiary/aromatic N) is 3. The van der Waals surface area contributed by atoms with Gasteiger partial charge in [-0.15, -0.1) is 0 Å². The zero-order chi connectivity index (χ0) is 20.5. The monoisotopic (exact) mass is 413 g/mol. The highest BCUT2D eigenvalue weighted by Gasteiger charge is 2.43. The van der Waals surface area contributed by atoms with E-state index in [1.165, 1.54) is 4.90 Å². The molecule has 4 rings (SSSR count). The summed E-state index contributed by atoms with van der Waals surface area (Å²) in [4.78, 5) is 31.3. The molecule has 2 aliphatic heterocycles. The Morgan fingerprint density at radius 1 is 1.00 bits per heavy atom. The number of rotatable bonds is 4. The van der Waals surface area contributed by atoms with Crippen LogP contribution >= 0.6 is 11.6 Å². The number of halogens is 1. The van der Waals surface area contributed by atoms with Crippen LogP contribution in [0.4, 0.5) is 11.4 Å². The third-order valence-corrected chi connectivity index (χ3v) is 6.12. The summed E-state index contributed by atoms with van der Waals surface area (Å²) in [6, 6.07) is 12.9. The third-order valence-electron chi connectivity index (χ3n) is 5.71. The first-order chi connectivity index (χ1) is 14.0. The SMILES string of the molecule is COc1cccc(N2CCN([C@H]3CC(=O)N(c4ccc(C)c(Cl)c4)C3=O)CC2)c1. The summed E-state index contributed by atoms with van der Waals surface area (Å²) >= 11 is 6.19. The Bertz CT molecular complexity index is 941. The number of ether oxygens (including phenoxy) is 1. The number of carbonyl (C=O) groups is 2. The molecule has 29 heavy (non-hydrogen) atoms. The fourth-order valence-electron chi connectivity index (χ4n) is 3.99. The third kappa shape index (κ3) is 3.82. The Kier molecular flexibility index (Phi) is 5.48. The van der Waals surface area contributed by atoms with Crippen molar-refractivity contribution in [3.8, 4) is 5.75 Å². The molecule has 0 saturated carbocycles. The van der Waals surface area contributed by atoms with Crippen molar-refractivity contribution in [3.63, 3.8) is 0 Å². The molecule has 2 aromatic carbocycles. The number of imide groups is 1. The van der Waals surface area contributed by atoms with Crippen molar-refractivity contribution in [3.05, 3.63) is 53.1 Å². The number of hydrogen-bond acceptors (Lipinski definition) is 5. The molecule has 2 aliphatic rings. The van der Waals surface area contributed by atoms with Gasteiger partial charge in [0.05, 0.1) is 25.3 Å². The minimum Gasteiger partial charge on any atom is -0.497 e. The fraction of sp³-hybridized carbons (Fsp3) is 0.364. The van der Waals surface area contributed by atoms with E-state index >= 15 is 0 Å². The Labute approximate surface area is 175 Å². The average Bonchev–Trinajstić information content (AvgIpc) is 3.04. The van der Waals surface area contributed by atoms with Crippen molar-refractivity contribution in [2.75, 3.05) is 43.1 Å². The van der Waals surface area contributed by atoms with Gasteiger partial charge in [-0.05, 0) is 36.8 Å². The van der Waals surface area contributed by atoms with E-state index in [0.717, 1.165) is 43.2 Å². The van der Waals surface area contributed by atoms with E-state index in [0.29, 0.717) is 10.7 Å². The lowest BCUT2D eigenvalue weighted by Gasteiger charge is -2.38. The Hall–Kier alpha value is -2.57. The summed E-state index contributed by atoms with van der Waals surface area (Å²) in [5.41, 5.74) is 2.57. The average molecular weight is 414 g/mol. The minimum atomic E-state index is -0.407. The molecule has 7 heteroatoms. The lowest BCUT2D eigenvalue weighted by molar-refractivity contribution is -0.123. The standard InChI is InChI=1S/C22H24ClN3O3/c1-15-6-7-17(13-19(15)23)26-21(27)14-20(22(26)28)25-10-8-24(9-11-25)16-4-3-5-18(12-16)29-2/h3-7,12-13,20H,8-11,14H2,1-2H3/t20-/m0/s1. The zero-order valence-electron chi connectivity index (χ0n) is 16.6. The van der Waals surface area contributed by atoms with Gasteiger partial charge in [0.25, 0.3) is 5.91 Å². The molecular weight excluding hydrogens is 390 g/mol. The first-order valence-corrected chi connectivity index (χ1v) is 10.1. The molecule has 0 N–H and O–H groups in total. The van der Waals surface area contributed by atoms with Crippen LogP contribution in [0.25, 0.3) is 0 Å². The van der Waals surface area contributed by atoms with Gasteiger partial charge in [-0.1, -0.05) is 23.7 Å². The highest BCUT2D eigenvalue weighted by Crippen LogP contribution is 2.30. The molecule has 6 nitrogen and oxygen atoms in total. The van der Waals surface area contributed by atoms with Crippen LogP contribution in [-0.4, -0.2) is 56.0 Å². The van der Waals surface area contributed by atoms with Crippen LogP contribution in [0.15, 0.2) is 42.5 Å². The number of methoxy groups -OCH3 is 1. The maximum absolute atomic E-state index is 13.0. The molecule has 2 saturated heterocycles.